The Balaban J connectivity index is 0. The Morgan fingerprint density at radius 2 is 0.769 bits per heavy atom. The Labute approximate surface area is 238 Å². The van der Waals surface area contributed by atoms with E-state index in [0.717, 1.165) is 0 Å². The summed E-state index contributed by atoms with van der Waals surface area (Å²) in [6.45, 7) is 9.00. The summed E-state index contributed by atoms with van der Waals surface area (Å²) in [4.78, 5) is 0. The molecule has 1 saturated carbocycles. The zero-order valence-corrected chi connectivity index (χ0v) is 23.4. The fourth-order valence-electron chi connectivity index (χ4n) is 2.95. The summed E-state index contributed by atoms with van der Waals surface area (Å²) in [7, 11) is -11.1. The van der Waals surface area contributed by atoms with Gasteiger partial charge in [0.15, 0.2) is 0 Å². The van der Waals surface area contributed by atoms with Crippen LogP contribution in [0.3, 0.4) is 0 Å². The third kappa shape index (κ3) is 23.7. The summed E-state index contributed by atoms with van der Waals surface area (Å²) >= 11 is 0. The molecule has 5 radical (unpaired) electrons. The first-order valence-electron chi connectivity index (χ1n) is 11.0. The normalized spacial score (nSPS) is 14.3. The second kappa shape index (κ2) is 19.2. The van der Waals surface area contributed by atoms with Crippen molar-refractivity contribution in [2.24, 2.45) is 0 Å². The van der Waals surface area contributed by atoms with Crippen LogP contribution in [0.1, 0.15) is 19.3 Å². The third-order valence-electron chi connectivity index (χ3n) is 4.28. The van der Waals surface area contributed by atoms with Crippen molar-refractivity contribution in [3.8, 4) is 0 Å². The minimum atomic E-state index is -10.7. The van der Waals surface area contributed by atoms with Crippen molar-refractivity contribution in [3.05, 3.63) is 136 Å². The third-order valence-corrected chi connectivity index (χ3v) is 6.72. The summed E-state index contributed by atoms with van der Waals surface area (Å²) in [6.07, 6.45) is 14.5. The van der Waals surface area contributed by atoms with Crippen molar-refractivity contribution in [2.45, 2.75) is 19.3 Å². The number of halogens is 6. The van der Waals surface area contributed by atoms with Crippen molar-refractivity contribution in [1.29, 1.82) is 0 Å². The van der Waals surface area contributed by atoms with E-state index in [9.17, 15) is 25.2 Å². The number of rotatable bonds is 3. The maximum Gasteiger partial charge on any atom is 0 e. The molecule has 39 heavy (non-hydrogen) atoms. The van der Waals surface area contributed by atoms with Crippen LogP contribution in [-0.2, 0) is 26.4 Å². The molecule has 0 spiro atoms. The second-order valence-electron chi connectivity index (χ2n) is 7.28. The van der Waals surface area contributed by atoms with Crippen LogP contribution in [0.5, 0.6) is 0 Å². The van der Waals surface area contributed by atoms with Crippen LogP contribution in [0.4, 0.5) is 25.2 Å². The second-order valence-corrected chi connectivity index (χ2v) is 11.4. The molecular formula is C28H26F6FeO2P2-. The number of benzene rings is 3. The molecular weight excluding hydrogens is 600 g/mol. The fraction of sp³-hybridized carbons (Fsp3) is 0.107. The molecule has 0 amide bonds. The molecule has 0 bridgehead atoms. The summed E-state index contributed by atoms with van der Waals surface area (Å²) in [5, 5.41) is 4.19. The van der Waals surface area contributed by atoms with E-state index in [2.05, 4.69) is 136 Å². The monoisotopic (exact) mass is 626 g/mol. The van der Waals surface area contributed by atoms with E-state index in [4.69, 9.17) is 9.30 Å². The van der Waals surface area contributed by atoms with Gasteiger partial charge in [-0.2, -0.15) is 0 Å². The van der Waals surface area contributed by atoms with E-state index >= 15 is 0 Å². The predicted octanol–water partition coefficient (Wildman–Crippen LogP) is 8.94. The fourth-order valence-corrected chi connectivity index (χ4v) is 5.25. The molecule has 211 valence electrons. The molecule has 0 N–H and O–H groups in total. The molecule has 2 nitrogen and oxygen atoms in total. The van der Waals surface area contributed by atoms with E-state index in [0.29, 0.717) is 0 Å². The minimum absolute atomic E-state index is 0. The molecule has 3 aromatic rings. The number of hydrogen-bond acceptors (Lipinski definition) is 0. The van der Waals surface area contributed by atoms with Crippen molar-refractivity contribution >= 4 is 31.6 Å². The SMILES string of the molecule is F[P-](F)(F)(F)(F)F.[C-]#[O+].[C-]#[O+].[CH]1[CH][CH]CCC[CH][CH]1.[Fe].c1ccc(P(c2ccccc2)c2ccccc2)cc1. The quantitative estimate of drug-likeness (QED) is 0.0917. The van der Waals surface area contributed by atoms with Gasteiger partial charge in [-0.25, -0.2) is 0 Å². The summed E-state index contributed by atoms with van der Waals surface area (Å²) in [5.41, 5.74) is 0. The molecule has 11 heteroatoms. The van der Waals surface area contributed by atoms with E-state index in [1.165, 1.54) is 35.2 Å². The molecule has 1 fully saturated rings. The van der Waals surface area contributed by atoms with Crippen molar-refractivity contribution in [1.82, 2.24) is 0 Å². The Hall–Kier alpha value is -1.90. The van der Waals surface area contributed by atoms with Gasteiger partial charge in [0.1, 0.15) is 0 Å². The van der Waals surface area contributed by atoms with Gasteiger partial charge in [0.05, 0.1) is 0 Å². The van der Waals surface area contributed by atoms with Gasteiger partial charge in [0.2, 0.25) is 0 Å². The van der Waals surface area contributed by atoms with E-state index in [-0.39, 0.29) is 17.1 Å². The molecule has 0 heterocycles. The average molecular weight is 626 g/mol. The molecule has 1 aliphatic rings. The first-order valence-corrected chi connectivity index (χ1v) is 14.3. The molecule has 0 saturated heterocycles. The van der Waals surface area contributed by atoms with Crippen molar-refractivity contribution < 1.29 is 51.6 Å². The topological polar surface area (TPSA) is 39.8 Å². The smallest absolute Gasteiger partial charge is 0 e. The maximum atomic E-state index is 9.87. The Morgan fingerprint density at radius 3 is 1.03 bits per heavy atom. The van der Waals surface area contributed by atoms with Crippen LogP contribution in [0.15, 0.2) is 91.0 Å². The van der Waals surface area contributed by atoms with Crippen LogP contribution in [0.25, 0.3) is 0 Å². The molecule has 0 unspecified atom stereocenters. The summed E-state index contributed by atoms with van der Waals surface area (Å²) < 4.78 is 74.2. The predicted molar refractivity (Wildman–Crippen MR) is 142 cm³/mol. The van der Waals surface area contributed by atoms with Crippen LogP contribution in [0, 0.1) is 45.4 Å². The molecule has 0 aromatic heterocycles. The average Bonchev–Trinajstić information content (AvgIpc) is 2.87. The summed E-state index contributed by atoms with van der Waals surface area (Å²) in [5.74, 6) is 0. The molecule has 4 rings (SSSR count). The first-order chi connectivity index (χ1) is 17.9. The standard InChI is InChI=1S/C18H15P.C8H11.2CO.F6P.Fe/c1-4-10-16(11-5-1)19(17-12-6-2-7-13-17)18-14-8-3-9-15-18;1-2-4-6-8-7-5-3-1;2*1-2;1-7(2,3,4,5)6;/h1-15H;1-5H,6-8H2;;;;/q;;;;-1;. The van der Waals surface area contributed by atoms with E-state index < -0.39 is 15.7 Å². The van der Waals surface area contributed by atoms with Crippen LogP contribution < -0.4 is 15.9 Å². The van der Waals surface area contributed by atoms with E-state index in [1.807, 2.05) is 0 Å². The zero-order chi connectivity index (χ0) is 29.0. The Morgan fingerprint density at radius 1 is 0.513 bits per heavy atom. The van der Waals surface area contributed by atoms with Crippen molar-refractivity contribution in [3.63, 3.8) is 0 Å². The Kier molecular flexibility index (Phi) is 19.3. The van der Waals surface area contributed by atoms with Gasteiger partial charge >= 0.3 is 55.6 Å². The van der Waals surface area contributed by atoms with Crippen LogP contribution in [-0.4, -0.2) is 0 Å². The van der Waals surface area contributed by atoms with Gasteiger partial charge < -0.3 is 0 Å². The maximum absolute atomic E-state index is 10.7. The molecule has 0 aliphatic heterocycles. The minimum Gasteiger partial charge on any atom is -0.0622 e. The van der Waals surface area contributed by atoms with Crippen LogP contribution >= 0.6 is 15.7 Å². The Bertz CT molecular complexity index is 915. The van der Waals surface area contributed by atoms with Gasteiger partial charge in [0, 0.05) is 17.1 Å². The summed E-state index contributed by atoms with van der Waals surface area (Å²) in [6, 6.07) is 32.3. The first kappa shape index (κ1) is 39.2. The van der Waals surface area contributed by atoms with E-state index in [1.54, 1.807) is 0 Å². The van der Waals surface area contributed by atoms with Gasteiger partial charge in [-0.15, -0.1) is 0 Å². The zero-order valence-electron chi connectivity index (χ0n) is 20.5. The largest absolute Gasteiger partial charge is 0.0622 e. The van der Waals surface area contributed by atoms with Crippen LogP contribution in [0.2, 0.25) is 0 Å². The van der Waals surface area contributed by atoms with Gasteiger partial charge in [-0.05, 0) is 68.8 Å². The van der Waals surface area contributed by atoms with Crippen molar-refractivity contribution in [2.75, 3.05) is 0 Å². The molecule has 0 atom stereocenters. The van der Waals surface area contributed by atoms with Gasteiger partial charge in [0.25, 0.3) is 0 Å². The molecule has 3 aromatic carbocycles. The number of hydrogen-bond donors (Lipinski definition) is 0. The molecule has 1 aliphatic carbocycles. The van der Waals surface area contributed by atoms with Gasteiger partial charge in [-0.3, -0.25) is 0 Å². The van der Waals surface area contributed by atoms with Gasteiger partial charge in [-0.1, -0.05) is 97.4 Å².